The van der Waals surface area contributed by atoms with Crippen molar-refractivity contribution in [2.45, 2.75) is 61.1 Å². The second kappa shape index (κ2) is 11.8. The number of fused-ring (bicyclic) bond motifs is 1. The molecule has 44 heavy (non-hydrogen) atoms. The van der Waals surface area contributed by atoms with E-state index in [0.717, 1.165) is 33.5 Å². The maximum absolute atomic E-state index is 13.9. The number of thioether (sulfide) groups is 2. The normalized spacial score (nSPS) is 22.0. The third kappa shape index (κ3) is 6.62. The molecule has 14 nitrogen and oxygen atoms in total. The topological polar surface area (TPSA) is 192 Å². The summed E-state index contributed by atoms with van der Waals surface area (Å²) in [5, 5.41) is 15.6. The van der Waals surface area contributed by atoms with Gasteiger partial charge in [0.2, 0.25) is 23.6 Å². The Labute approximate surface area is 262 Å². The number of nitrogens with one attached hydrogen (secondary N) is 2. The zero-order chi connectivity index (χ0) is 32.8. The highest BCUT2D eigenvalue weighted by Gasteiger charge is 2.48. The minimum atomic E-state index is -4.19. The number of carbonyl (C=O) groups is 4. The second-order valence-corrected chi connectivity index (χ2v) is 17.4. The first-order valence-corrected chi connectivity index (χ1v) is 17.9. The van der Waals surface area contributed by atoms with Crippen molar-refractivity contribution in [1.29, 1.82) is 0 Å². The molecule has 4 rings (SSSR count). The van der Waals surface area contributed by atoms with E-state index in [4.69, 9.17) is 0 Å². The average Bonchev–Trinajstić information content (AvgIpc) is 3.36. The fraction of sp³-hybridized carbons (Fsp3) is 0.385. The highest BCUT2D eigenvalue weighted by atomic mass is 32.2. The van der Waals surface area contributed by atoms with Gasteiger partial charge in [0.15, 0.2) is 30.0 Å². The largest absolute Gasteiger partial charge is 0.304 e. The number of sulfone groups is 2. The summed E-state index contributed by atoms with van der Waals surface area (Å²) < 4.78 is 55.6. The monoisotopic (exact) mass is 682 g/mol. The lowest BCUT2D eigenvalue weighted by Crippen LogP contribution is -2.45. The van der Waals surface area contributed by atoms with Gasteiger partial charge in [0.05, 0.1) is 21.3 Å². The molecule has 0 unspecified atom stereocenters. The first kappa shape index (κ1) is 33.4. The lowest BCUT2D eigenvalue weighted by molar-refractivity contribution is -0.131. The number of amidine groups is 2. The van der Waals surface area contributed by atoms with Gasteiger partial charge in [-0.15, -0.1) is 10.2 Å². The molecule has 2 heterocycles. The van der Waals surface area contributed by atoms with Crippen LogP contribution in [0.15, 0.2) is 56.4 Å². The third-order valence-electron chi connectivity index (χ3n) is 6.50. The summed E-state index contributed by atoms with van der Waals surface area (Å²) >= 11 is 1.82. The summed E-state index contributed by atoms with van der Waals surface area (Å²) in [5.74, 6) is -3.15. The average molecular weight is 683 g/mol. The van der Waals surface area contributed by atoms with Crippen LogP contribution in [0.1, 0.15) is 41.5 Å². The van der Waals surface area contributed by atoms with Gasteiger partial charge < -0.3 is 10.6 Å². The second-order valence-electron chi connectivity index (χ2n) is 10.5. The van der Waals surface area contributed by atoms with E-state index in [0.29, 0.717) is 0 Å². The molecule has 0 aliphatic carbocycles. The van der Waals surface area contributed by atoms with Gasteiger partial charge in [-0.2, -0.15) is 0 Å². The molecule has 2 aromatic rings. The molecule has 18 heteroatoms. The first-order valence-electron chi connectivity index (χ1n) is 13.0. The van der Waals surface area contributed by atoms with Gasteiger partial charge in [0.25, 0.3) is 0 Å². The molecule has 0 bridgehead atoms. The van der Waals surface area contributed by atoms with Crippen molar-refractivity contribution in [1.82, 2.24) is 20.7 Å². The Morgan fingerprint density at radius 3 is 1.32 bits per heavy atom. The van der Waals surface area contributed by atoms with E-state index < -0.39 is 64.6 Å². The van der Waals surface area contributed by atoms with Crippen molar-refractivity contribution in [3.05, 3.63) is 36.4 Å². The van der Waals surface area contributed by atoms with Crippen LogP contribution >= 0.6 is 23.5 Å². The highest BCUT2D eigenvalue weighted by Crippen LogP contribution is 2.42. The molecular weight excluding hydrogens is 653 g/mol. The Hall–Kier alpha value is -3.48. The van der Waals surface area contributed by atoms with Crippen LogP contribution in [0.5, 0.6) is 0 Å². The van der Waals surface area contributed by atoms with Crippen molar-refractivity contribution in [3.8, 4) is 0 Å². The maximum atomic E-state index is 13.9. The van der Waals surface area contributed by atoms with Crippen LogP contribution < -0.4 is 10.6 Å². The van der Waals surface area contributed by atoms with Gasteiger partial charge in [-0.3, -0.25) is 19.2 Å². The SMILES string of the molecule is CC(=O)NC1=NN(C(C)=O)[C@](C)(CS(=O)(=O)c2cccc3c(S(=O)(=O)C[C@]4(C)SC(NC(C)=O)=NN4C(C)=O)cccc23)S1. The number of benzene rings is 2. The molecule has 0 fully saturated rings. The minimum absolute atomic E-state index is 0.0696. The van der Waals surface area contributed by atoms with E-state index in [-0.39, 0.29) is 30.9 Å². The number of hydrogen-bond acceptors (Lipinski definition) is 12. The molecule has 0 aromatic heterocycles. The van der Waals surface area contributed by atoms with E-state index in [2.05, 4.69) is 20.8 Å². The van der Waals surface area contributed by atoms with Crippen LogP contribution in [0.2, 0.25) is 0 Å². The zero-order valence-corrected chi connectivity index (χ0v) is 27.8. The van der Waals surface area contributed by atoms with E-state index in [1.807, 2.05) is 0 Å². The Morgan fingerprint density at radius 1 is 0.682 bits per heavy atom. The minimum Gasteiger partial charge on any atom is -0.304 e. The van der Waals surface area contributed by atoms with Crippen molar-refractivity contribution in [2.75, 3.05) is 11.5 Å². The van der Waals surface area contributed by atoms with Gasteiger partial charge >= 0.3 is 0 Å². The summed E-state index contributed by atoms with van der Waals surface area (Å²) in [5.41, 5.74) is 0. The zero-order valence-electron chi connectivity index (χ0n) is 24.6. The van der Waals surface area contributed by atoms with E-state index >= 15 is 0 Å². The van der Waals surface area contributed by atoms with Crippen LogP contribution in [0.3, 0.4) is 0 Å². The van der Waals surface area contributed by atoms with Gasteiger partial charge in [0, 0.05) is 38.5 Å². The molecule has 2 N–H and O–H groups in total. The smallest absolute Gasteiger partial charge is 0.240 e. The summed E-state index contributed by atoms with van der Waals surface area (Å²) in [7, 11) is -8.39. The van der Waals surface area contributed by atoms with Crippen LogP contribution in [0.25, 0.3) is 10.8 Å². The van der Waals surface area contributed by atoms with Crippen LogP contribution in [0, 0.1) is 0 Å². The van der Waals surface area contributed by atoms with Crippen molar-refractivity contribution in [2.24, 2.45) is 10.2 Å². The Morgan fingerprint density at radius 2 is 1.02 bits per heavy atom. The predicted octanol–water partition coefficient (Wildman–Crippen LogP) is 1.82. The molecule has 0 saturated heterocycles. The molecule has 4 amide bonds. The molecule has 236 valence electrons. The number of carbonyl (C=O) groups excluding carboxylic acids is 4. The first-order chi connectivity index (χ1) is 20.3. The Bertz CT molecular complexity index is 1740. The van der Waals surface area contributed by atoms with Gasteiger partial charge in [-0.1, -0.05) is 47.8 Å². The van der Waals surface area contributed by atoms with E-state index in [1.54, 1.807) is 0 Å². The molecule has 0 saturated carbocycles. The summed E-state index contributed by atoms with van der Waals surface area (Å²) in [6.07, 6.45) is 0. The fourth-order valence-electron chi connectivity index (χ4n) is 4.98. The molecule has 2 aliphatic heterocycles. The summed E-state index contributed by atoms with van der Waals surface area (Å²) in [4.78, 5) is 44.7. The van der Waals surface area contributed by atoms with E-state index in [9.17, 15) is 36.0 Å². The number of hydrogen-bond donors (Lipinski definition) is 2. The third-order valence-corrected chi connectivity index (χ3v) is 13.1. The number of hydrazone groups is 2. The van der Waals surface area contributed by atoms with Crippen LogP contribution in [0.4, 0.5) is 0 Å². The van der Waals surface area contributed by atoms with Crippen LogP contribution in [-0.2, 0) is 38.9 Å². The number of nitrogens with zero attached hydrogens (tertiary/aromatic N) is 4. The van der Waals surface area contributed by atoms with Crippen molar-refractivity contribution < 1.29 is 36.0 Å². The van der Waals surface area contributed by atoms with Crippen molar-refractivity contribution in [3.63, 3.8) is 0 Å². The van der Waals surface area contributed by atoms with Gasteiger partial charge in [-0.25, -0.2) is 26.9 Å². The molecule has 0 spiro atoms. The molecule has 2 atom stereocenters. The Balaban J connectivity index is 1.72. The van der Waals surface area contributed by atoms with Crippen molar-refractivity contribution >= 4 is 87.9 Å². The quantitative estimate of drug-likeness (QED) is 0.454. The standard InChI is InChI=1S/C26H30N6O8S4/c1-15(33)27-23-29-31(17(3)35)25(5,41-23)13-43(37,38)21-11-7-10-20-19(21)9-8-12-22(20)44(39,40)14-26(6)32(18(4)36)30-24(42-26)28-16(2)34/h7-12H,13-14H2,1-6H3,(H,27,29,33)(H,28,30,34)/t25-,26-/m0/s1. The summed E-state index contributed by atoms with van der Waals surface area (Å²) in [6, 6.07) is 8.52. The fourth-order valence-corrected chi connectivity index (χ4v) is 11.9. The molecule has 2 aromatic carbocycles. The molecule has 0 radical (unpaired) electrons. The number of amides is 4. The Kier molecular flexibility index (Phi) is 8.95. The van der Waals surface area contributed by atoms with Crippen LogP contribution in [-0.4, -0.2) is 82.1 Å². The predicted molar refractivity (Wildman–Crippen MR) is 168 cm³/mol. The number of rotatable bonds is 6. The summed E-state index contributed by atoms with van der Waals surface area (Å²) in [6.45, 7) is 7.98. The highest BCUT2D eigenvalue weighted by molar-refractivity contribution is 8.16. The van der Waals surface area contributed by atoms with Gasteiger partial charge in [0.1, 0.15) is 9.74 Å². The lowest BCUT2D eigenvalue weighted by Gasteiger charge is -2.30. The van der Waals surface area contributed by atoms with Gasteiger partial charge in [-0.05, 0) is 26.0 Å². The van der Waals surface area contributed by atoms with E-state index in [1.165, 1.54) is 77.9 Å². The lowest BCUT2D eigenvalue weighted by atomic mass is 10.1. The molecular formula is C26H30N6O8S4. The molecule has 2 aliphatic rings. The maximum Gasteiger partial charge on any atom is 0.240 e.